The minimum atomic E-state index is -0.862. The fourth-order valence-corrected chi connectivity index (χ4v) is 1.92. The Morgan fingerprint density at radius 2 is 2.14 bits per heavy atom. The molecule has 1 saturated heterocycles. The summed E-state index contributed by atoms with van der Waals surface area (Å²) in [4.78, 5) is 13.4. The van der Waals surface area contributed by atoms with Crippen molar-refractivity contribution in [1.82, 2.24) is 4.90 Å². The maximum absolute atomic E-state index is 11.6. The van der Waals surface area contributed by atoms with Gasteiger partial charge in [-0.2, -0.15) is 0 Å². The summed E-state index contributed by atoms with van der Waals surface area (Å²) in [7, 11) is 0. The molecule has 1 aliphatic heterocycles. The van der Waals surface area contributed by atoms with Crippen LogP contribution >= 0.6 is 0 Å². The average molecular weight is 199 g/mol. The zero-order chi connectivity index (χ0) is 10.9. The molecule has 1 rings (SSSR count). The molecule has 82 valence electrons. The standard InChI is InChI=1S/C11H21NO2/c1-8-5-6-12(7-11(8,3)4)10(14)9(2)13/h8-9,13H,5-7H2,1-4H3/t8-,9-/m1/s1. The summed E-state index contributed by atoms with van der Waals surface area (Å²) >= 11 is 0. The molecule has 0 aromatic carbocycles. The highest BCUT2D eigenvalue weighted by molar-refractivity contribution is 5.80. The highest BCUT2D eigenvalue weighted by Gasteiger charge is 2.35. The molecule has 0 saturated carbocycles. The van der Waals surface area contributed by atoms with Crippen molar-refractivity contribution < 1.29 is 9.90 Å². The number of aliphatic hydroxyl groups excluding tert-OH is 1. The van der Waals surface area contributed by atoms with E-state index in [1.807, 2.05) is 0 Å². The Bertz CT molecular complexity index is 223. The topological polar surface area (TPSA) is 40.5 Å². The van der Waals surface area contributed by atoms with Crippen molar-refractivity contribution in [3.05, 3.63) is 0 Å². The summed E-state index contributed by atoms with van der Waals surface area (Å²) in [6.07, 6.45) is 0.171. The third kappa shape index (κ3) is 2.27. The van der Waals surface area contributed by atoms with E-state index in [9.17, 15) is 9.90 Å². The fourth-order valence-electron chi connectivity index (χ4n) is 1.92. The van der Waals surface area contributed by atoms with Crippen molar-refractivity contribution in [3.8, 4) is 0 Å². The molecule has 1 aliphatic rings. The van der Waals surface area contributed by atoms with Gasteiger partial charge in [-0.3, -0.25) is 4.79 Å². The van der Waals surface area contributed by atoms with Gasteiger partial charge in [0.1, 0.15) is 6.10 Å². The maximum atomic E-state index is 11.6. The van der Waals surface area contributed by atoms with Gasteiger partial charge in [0, 0.05) is 13.1 Å². The van der Waals surface area contributed by atoms with Gasteiger partial charge in [-0.1, -0.05) is 20.8 Å². The van der Waals surface area contributed by atoms with Crippen LogP contribution in [0.4, 0.5) is 0 Å². The first-order chi connectivity index (χ1) is 6.34. The molecule has 3 nitrogen and oxygen atoms in total. The molecule has 0 spiro atoms. The van der Waals surface area contributed by atoms with Crippen LogP contribution in [-0.2, 0) is 4.79 Å². The van der Waals surface area contributed by atoms with Gasteiger partial charge in [-0.05, 0) is 24.7 Å². The zero-order valence-corrected chi connectivity index (χ0v) is 9.58. The zero-order valence-electron chi connectivity index (χ0n) is 9.58. The Hall–Kier alpha value is -0.570. The van der Waals surface area contributed by atoms with E-state index in [-0.39, 0.29) is 11.3 Å². The number of amides is 1. The summed E-state index contributed by atoms with van der Waals surface area (Å²) in [5.41, 5.74) is 0.169. The second-order valence-electron chi connectivity index (χ2n) is 5.11. The largest absolute Gasteiger partial charge is 0.384 e. The van der Waals surface area contributed by atoms with Gasteiger partial charge in [-0.25, -0.2) is 0 Å². The van der Waals surface area contributed by atoms with Gasteiger partial charge >= 0.3 is 0 Å². The van der Waals surface area contributed by atoms with Gasteiger partial charge in [0.15, 0.2) is 0 Å². The predicted octanol–water partition coefficient (Wildman–Crippen LogP) is 1.26. The number of carbonyl (C=O) groups is 1. The molecule has 1 N–H and O–H groups in total. The molecule has 0 aromatic rings. The van der Waals surface area contributed by atoms with Crippen LogP contribution in [0.25, 0.3) is 0 Å². The third-order valence-electron chi connectivity index (χ3n) is 3.43. The van der Waals surface area contributed by atoms with Crippen LogP contribution in [-0.4, -0.2) is 35.1 Å². The molecule has 1 amide bonds. The first-order valence-electron chi connectivity index (χ1n) is 5.31. The van der Waals surface area contributed by atoms with E-state index in [4.69, 9.17) is 0 Å². The minimum Gasteiger partial charge on any atom is -0.384 e. The van der Waals surface area contributed by atoms with Gasteiger partial charge in [0.2, 0.25) is 0 Å². The maximum Gasteiger partial charge on any atom is 0.251 e. The lowest BCUT2D eigenvalue weighted by molar-refractivity contribution is -0.143. The van der Waals surface area contributed by atoms with Crippen molar-refractivity contribution in [2.24, 2.45) is 11.3 Å². The molecule has 0 radical (unpaired) electrons. The van der Waals surface area contributed by atoms with Crippen molar-refractivity contribution in [3.63, 3.8) is 0 Å². The van der Waals surface area contributed by atoms with Gasteiger partial charge < -0.3 is 10.0 Å². The molecule has 0 aliphatic carbocycles. The first kappa shape index (κ1) is 11.5. The summed E-state index contributed by atoms with van der Waals surface area (Å²) in [5.74, 6) is 0.505. The molecule has 0 aromatic heterocycles. The van der Waals surface area contributed by atoms with E-state index >= 15 is 0 Å². The van der Waals surface area contributed by atoms with E-state index in [2.05, 4.69) is 20.8 Å². The lowest BCUT2D eigenvalue weighted by Gasteiger charge is -2.43. The minimum absolute atomic E-state index is 0.134. The molecule has 3 heteroatoms. The van der Waals surface area contributed by atoms with Crippen molar-refractivity contribution in [2.45, 2.75) is 40.2 Å². The monoisotopic (exact) mass is 199 g/mol. The smallest absolute Gasteiger partial charge is 0.251 e. The Kier molecular flexibility index (Phi) is 3.20. The van der Waals surface area contributed by atoms with Crippen LogP contribution in [0.15, 0.2) is 0 Å². The molecule has 2 atom stereocenters. The molecule has 14 heavy (non-hydrogen) atoms. The van der Waals surface area contributed by atoms with Gasteiger partial charge in [0.05, 0.1) is 0 Å². The van der Waals surface area contributed by atoms with Crippen LogP contribution < -0.4 is 0 Å². The van der Waals surface area contributed by atoms with E-state index < -0.39 is 6.10 Å². The summed E-state index contributed by atoms with van der Waals surface area (Å²) in [5, 5.41) is 9.22. The first-order valence-corrected chi connectivity index (χ1v) is 5.31. The molecule has 1 fully saturated rings. The molecular weight excluding hydrogens is 178 g/mol. The van der Waals surface area contributed by atoms with E-state index in [0.29, 0.717) is 5.92 Å². The lowest BCUT2D eigenvalue weighted by atomic mass is 9.75. The number of rotatable bonds is 1. The number of piperidine rings is 1. The highest BCUT2D eigenvalue weighted by Crippen LogP contribution is 2.34. The highest BCUT2D eigenvalue weighted by atomic mass is 16.3. The van der Waals surface area contributed by atoms with E-state index in [1.54, 1.807) is 4.90 Å². The Labute approximate surface area is 86.1 Å². The number of nitrogens with zero attached hydrogens (tertiary/aromatic N) is 1. The van der Waals surface area contributed by atoms with Crippen molar-refractivity contribution in [1.29, 1.82) is 0 Å². The quantitative estimate of drug-likeness (QED) is 0.690. The number of carbonyl (C=O) groups excluding carboxylic acids is 1. The van der Waals surface area contributed by atoms with Crippen LogP contribution in [0.2, 0.25) is 0 Å². The Morgan fingerprint density at radius 1 is 1.57 bits per heavy atom. The predicted molar refractivity (Wildman–Crippen MR) is 55.8 cm³/mol. The van der Waals surface area contributed by atoms with Crippen molar-refractivity contribution in [2.75, 3.05) is 13.1 Å². The Morgan fingerprint density at radius 3 is 2.57 bits per heavy atom. The van der Waals surface area contributed by atoms with E-state index in [0.717, 1.165) is 19.5 Å². The van der Waals surface area contributed by atoms with Crippen molar-refractivity contribution >= 4 is 5.91 Å². The van der Waals surface area contributed by atoms with Crippen LogP contribution in [0.3, 0.4) is 0 Å². The number of likely N-dealkylation sites (tertiary alicyclic amines) is 1. The normalized spacial score (nSPS) is 28.6. The fraction of sp³-hybridized carbons (Fsp3) is 0.909. The lowest BCUT2D eigenvalue weighted by Crippen LogP contribution is -2.50. The summed E-state index contributed by atoms with van der Waals surface area (Å²) in [6.45, 7) is 9.67. The van der Waals surface area contributed by atoms with Crippen LogP contribution in [0.1, 0.15) is 34.1 Å². The third-order valence-corrected chi connectivity index (χ3v) is 3.43. The summed E-state index contributed by atoms with van der Waals surface area (Å²) in [6, 6.07) is 0. The van der Waals surface area contributed by atoms with E-state index in [1.165, 1.54) is 6.92 Å². The molecule has 0 unspecified atom stereocenters. The molecule has 1 heterocycles. The average Bonchev–Trinajstić information content (AvgIpc) is 2.08. The number of hydrogen-bond acceptors (Lipinski definition) is 2. The van der Waals surface area contributed by atoms with Crippen LogP contribution in [0.5, 0.6) is 0 Å². The second-order valence-corrected chi connectivity index (χ2v) is 5.11. The molecular formula is C11H21NO2. The Balaban J connectivity index is 2.64. The van der Waals surface area contributed by atoms with Crippen LogP contribution in [0, 0.1) is 11.3 Å². The van der Waals surface area contributed by atoms with Gasteiger partial charge in [0.25, 0.3) is 5.91 Å². The second kappa shape index (κ2) is 3.89. The van der Waals surface area contributed by atoms with Gasteiger partial charge in [-0.15, -0.1) is 0 Å². The molecule has 0 bridgehead atoms. The number of hydrogen-bond donors (Lipinski definition) is 1. The number of aliphatic hydroxyl groups is 1. The summed E-state index contributed by atoms with van der Waals surface area (Å²) < 4.78 is 0. The SMILES string of the molecule is C[C@@H]1CCN(C(=O)[C@@H](C)O)CC1(C)C.